The van der Waals surface area contributed by atoms with Crippen LogP contribution in [0.3, 0.4) is 0 Å². The molecule has 0 unspecified atom stereocenters. The minimum absolute atomic E-state index is 0.179. The van der Waals surface area contributed by atoms with E-state index < -0.39 is 12.0 Å². The first-order chi connectivity index (χ1) is 15.4. The number of halogens is 1. The van der Waals surface area contributed by atoms with Crippen molar-refractivity contribution in [2.24, 2.45) is 0 Å². The predicted molar refractivity (Wildman–Crippen MR) is 120 cm³/mol. The van der Waals surface area contributed by atoms with Crippen molar-refractivity contribution in [3.8, 4) is 11.8 Å². The zero-order valence-corrected chi connectivity index (χ0v) is 18.0. The number of rotatable bonds is 3. The highest BCUT2D eigenvalue weighted by molar-refractivity contribution is 6.34. The number of likely N-dealkylation sites (tertiary alicyclic amines) is 1. The van der Waals surface area contributed by atoms with Crippen LogP contribution in [0.2, 0.25) is 5.02 Å². The van der Waals surface area contributed by atoms with E-state index in [0.29, 0.717) is 18.8 Å². The van der Waals surface area contributed by atoms with Gasteiger partial charge in [0, 0.05) is 30.4 Å². The molecule has 9 heteroatoms. The van der Waals surface area contributed by atoms with E-state index >= 15 is 0 Å². The van der Waals surface area contributed by atoms with Crippen LogP contribution in [0.4, 0.5) is 10.6 Å². The van der Waals surface area contributed by atoms with Crippen LogP contribution < -0.4 is 5.32 Å². The second-order valence-electron chi connectivity index (χ2n) is 7.42. The summed E-state index contributed by atoms with van der Waals surface area (Å²) in [4.78, 5) is 29.8. The number of carboxylic acid groups (broad SMARTS) is 1. The zero-order valence-electron chi connectivity index (χ0n) is 17.2. The third kappa shape index (κ3) is 4.58. The molecule has 0 saturated carbocycles. The summed E-state index contributed by atoms with van der Waals surface area (Å²) < 4.78 is 1.50. The molecule has 2 amide bonds. The number of aromatic nitrogens is 3. The molecule has 8 nitrogen and oxygen atoms in total. The number of hydrogen-bond acceptors (Lipinski definition) is 4. The van der Waals surface area contributed by atoms with Gasteiger partial charge < -0.3 is 15.3 Å². The van der Waals surface area contributed by atoms with Gasteiger partial charge in [-0.1, -0.05) is 41.6 Å². The number of pyridine rings is 1. The van der Waals surface area contributed by atoms with Crippen LogP contribution in [0, 0.1) is 18.8 Å². The fraction of sp³-hybridized carbons (Fsp3) is 0.217. The van der Waals surface area contributed by atoms with Gasteiger partial charge in [-0.3, -0.25) is 9.48 Å². The molecule has 1 aromatic carbocycles. The highest BCUT2D eigenvalue weighted by Crippen LogP contribution is 2.27. The van der Waals surface area contributed by atoms with Gasteiger partial charge in [-0.15, -0.1) is 0 Å². The number of nitrogens with one attached hydrogen (secondary N) is 1. The second-order valence-corrected chi connectivity index (χ2v) is 7.82. The van der Waals surface area contributed by atoms with Gasteiger partial charge in [0.2, 0.25) is 0 Å². The van der Waals surface area contributed by atoms with E-state index in [1.54, 1.807) is 6.20 Å². The fourth-order valence-corrected chi connectivity index (χ4v) is 3.77. The van der Waals surface area contributed by atoms with Crippen molar-refractivity contribution in [2.75, 3.05) is 18.4 Å². The van der Waals surface area contributed by atoms with Gasteiger partial charge in [0.15, 0.2) is 0 Å². The molecule has 4 rings (SSSR count). The third-order valence-corrected chi connectivity index (χ3v) is 5.46. The summed E-state index contributed by atoms with van der Waals surface area (Å²) in [5.74, 6) is 6.07. The van der Waals surface area contributed by atoms with Crippen molar-refractivity contribution < 1.29 is 14.7 Å². The Labute approximate surface area is 189 Å². The lowest BCUT2D eigenvalue weighted by molar-refractivity contribution is 0.101. The van der Waals surface area contributed by atoms with Crippen LogP contribution in [0.15, 0.2) is 48.8 Å². The average molecular weight is 450 g/mol. The first-order valence-electron chi connectivity index (χ1n) is 9.98. The molecule has 1 atom stereocenters. The molecule has 2 N–H and O–H groups in total. The van der Waals surface area contributed by atoms with Crippen LogP contribution in [0.5, 0.6) is 0 Å². The SMILES string of the molecule is Cc1cc(C#Cc2ccccc2)cnc1NC(=O)c1c(Cl)cnn1[C@H]1CCN(C(=O)O)C1. The van der Waals surface area contributed by atoms with Gasteiger partial charge in [-0.2, -0.15) is 5.10 Å². The van der Waals surface area contributed by atoms with Crippen LogP contribution in [0.1, 0.15) is 39.6 Å². The van der Waals surface area contributed by atoms with Gasteiger partial charge in [0.1, 0.15) is 11.5 Å². The van der Waals surface area contributed by atoms with Crippen molar-refractivity contribution in [1.82, 2.24) is 19.7 Å². The summed E-state index contributed by atoms with van der Waals surface area (Å²) in [6.45, 7) is 2.46. The van der Waals surface area contributed by atoms with E-state index in [9.17, 15) is 14.7 Å². The Hall–Kier alpha value is -3.83. The first-order valence-corrected chi connectivity index (χ1v) is 10.4. The normalized spacial score (nSPS) is 15.2. The Morgan fingerprint density at radius 2 is 1.94 bits per heavy atom. The number of carbonyl (C=O) groups is 2. The largest absolute Gasteiger partial charge is 0.465 e. The molecule has 2 aromatic heterocycles. The van der Waals surface area contributed by atoms with Gasteiger partial charge >= 0.3 is 6.09 Å². The van der Waals surface area contributed by atoms with E-state index in [1.807, 2.05) is 43.3 Å². The summed E-state index contributed by atoms with van der Waals surface area (Å²) in [6, 6.07) is 11.2. The fourth-order valence-electron chi connectivity index (χ4n) is 3.55. The average Bonchev–Trinajstić information content (AvgIpc) is 3.41. The standard InChI is InChI=1S/C23H20ClN5O3/c1-15-11-17(8-7-16-5-3-2-4-6-16)12-25-21(15)27-22(30)20-19(24)13-26-29(20)18-9-10-28(14-18)23(31)32/h2-6,11-13,18H,9-10,14H2,1H3,(H,31,32)(H,25,27,30)/t18-/m0/s1. The lowest BCUT2D eigenvalue weighted by Crippen LogP contribution is -2.28. The number of aryl methyl sites for hydroxylation is 1. The molecule has 1 fully saturated rings. The maximum absolute atomic E-state index is 13.0. The molecule has 3 heterocycles. The highest BCUT2D eigenvalue weighted by Gasteiger charge is 2.31. The van der Waals surface area contributed by atoms with E-state index in [2.05, 4.69) is 27.2 Å². The Morgan fingerprint density at radius 3 is 2.62 bits per heavy atom. The van der Waals surface area contributed by atoms with E-state index in [0.717, 1.165) is 16.7 Å². The molecule has 0 aliphatic carbocycles. The molecule has 1 aliphatic rings. The van der Waals surface area contributed by atoms with Crippen molar-refractivity contribution in [3.05, 3.63) is 76.2 Å². The summed E-state index contributed by atoms with van der Waals surface area (Å²) in [7, 11) is 0. The minimum Gasteiger partial charge on any atom is -0.465 e. The zero-order chi connectivity index (χ0) is 22.7. The molecule has 0 spiro atoms. The van der Waals surface area contributed by atoms with E-state index in [1.165, 1.54) is 15.8 Å². The maximum Gasteiger partial charge on any atom is 0.407 e. The Kier molecular flexibility index (Phi) is 6.10. The first kappa shape index (κ1) is 21.4. The molecule has 1 aliphatic heterocycles. The number of hydrogen-bond donors (Lipinski definition) is 2. The molecule has 162 valence electrons. The molecular weight excluding hydrogens is 430 g/mol. The summed E-state index contributed by atoms with van der Waals surface area (Å²) in [5, 5.41) is 16.4. The number of anilines is 1. The summed E-state index contributed by atoms with van der Waals surface area (Å²) in [6.07, 6.45) is 2.55. The third-order valence-electron chi connectivity index (χ3n) is 5.18. The Morgan fingerprint density at radius 1 is 1.19 bits per heavy atom. The Balaban J connectivity index is 1.51. The molecule has 1 saturated heterocycles. The number of carbonyl (C=O) groups excluding carboxylic acids is 1. The molecule has 32 heavy (non-hydrogen) atoms. The molecule has 0 bridgehead atoms. The maximum atomic E-state index is 13.0. The van der Waals surface area contributed by atoms with Gasteiger partial charge in [0.05, 0.1) is 17.3 Å². The van der Waals surface area contributed by atoms with Crippen LogP contribution in [-0.2, 0) is 0 Å². The molecule has 3 aromatic rings. The molecular formula is C23H20ClN5O3. The number of nitrogens with zero attached hydrogens (tertiary/aromatic N) is 4. The Bertz CT molecular complexity index is 1230. The van der Waals surface area contributed by atoms with E-state index in [-0.39, 0.29) is 23.3 Å². The smallest absolute Gasteiger partial charge is 0.407 e. The second kappa shape index (κ2) is 9.12. The van der Waals surface area contributed by atoms with Crippen molar-refractivity contribution in [1.29, 1.82) is 0 Å². The van der Waals surface area contributed by atoms with E-state index in [4.69, 9.17) is 11.6 Å². The highest BCUT2D eigenvalue weighted by atomic mass is 35.5. The molecule has 0 radical (unpaired) electrons. The van der Waals surface area contributed by atoms with Crippen molar-refractivity contribution >= 4 is 29.4 Å². The minimum atomic E-state index is -0.993. The summed E-state index contributed by atoms with van der Waals surface area (Å²) >= 11 is 6.24. The van der Waals surface area contributed by atoms with Crippen LogP contribution in [-0.4, -0.2) is 49.9 Å². The predicted octanol–water partition coefficient (Wildman–Crippen LogP) is 3.82. The van der Waals surface area contributed by atoms with Gasteiger partial charge in [-0.25, -0.2) is 9.78 Å². The lowest BCUT2D eigenvalue weighted by atomic mass is 10.1. The lowest BCUT2D eigenvalue weighted by Gasteiger charge is -2.16. The topological polar surface area (TPSA) is 100 Å². The van der Waals surface area contributed by atoms with Crippen LogP contribution in [0.25, 0.3) is 0 Å². The van der Waals surface area contributed by atoms with Gasteiger partial charge in [0.25, 0.3) is 5.91 Å². The quantitative estimate of drug-likeness (QED) is 0.592. The van der Waals surface area contributed by atoms with Crippen molar-refractivity contribution in [2.45, 2.75) is 19.4 Å². The van der Waals surface area contributed by atoms with Crippen LogP contribution >= 0.6 is 11.6 Å². The van der Waals surface area contributed by atoms with Gasteiger partial charge in [-0.05, 0) is 37.1 Å². The monoisotopic (exact) mass is 449 g/mol. The summed E-state index contributed by atoms with van der Waals surface area (Å²) in [5.41, 5.74) is 2.56. The number of amides is 2. The number of benzene rings is 1. The van der Waals surface area contributed by atoms with Crippen molar-refractivity contribution in [3.63, 3.8) is 0 Å².